The van der Waals surface area contributed by atoms with Crippen molar-refractivity contribution in [2.45, 2.75) is 20.4 Å². The van der Waals surface area contributed by atoms with E-state index in [0.29, 0.717) is 24.7 Å². The first-order valence-electron chi connectivity index (χ1n) is 7.36. The molecule has 1 fully saturated rings. The van der Waals surface area contributed by atoms with Crippen molar-refractivity contribution in [3.8, 4) is 0 Å². The van der Waals surface area contributed by atoms with Crippen LogP contribution in [0.5, 0.6) is 0 Å². The predicted octanol–water partition coefficient (Wildman–Crippen LogP) is 0.986. The van der Waals surface area contributed by atoms with E-state index in [-0.39, 0.29) is 12.5 Å². The number of piperazine rings is 1. The zero-order valence-electron chi connectivity index (χ0n) is 12.7. The zero-order valence-corrected chi connectivity index (χ0v) is 12.7. The molecule has 0 spiro atoms. The van der Waals surface area contributed by atoms with Crippen LogP contribution in [0.4, 0.5) is 0 Å². The van der Waals surface area contributed by atoms with Crippen LogP contribution in [0.1, 0.15) is 24.3 Å². The number of carboxylic acids is 1. The van der Waals surface area contributed by atoms with Gasteiger partial charge in [0.15, 0.2) is 0 Å². The summed E-state index contributed by atoms with van der Waals surface area (Å²) in [6.07, 6.45) is 1.64. The van der Waals surface area contributed by atoms with Gasteiger partial charge in [-0.25, -0.2) is 0 Å². The normalized spacial score (nSPS) is 16.4. The van der Waals surface area contributed by atoms with E-state index < -0.39 is 5.97 Å². The van der Waals surface area contributed by atoms with Gasteiger partial charge in [-0.1, -0.05) is 13.8 Å². The number of carbonyl (C=O) groups is 2. The molecule has 0 atom stereocenters. The lowest BCUT2D eigenvalue weighted by atomic mass is 10.2. The lowest BCUT2D eigenvalue weighted by Crippen LogP contribution is -2.49. The standard InChI is InChI=1S/C15H23N3O3/c1-12(2)10-16-6-8-17(9-7-16)15(21)13-4-3-5-18(13)11-14(19)20/h3-5,12H,6-11H2,1-2H3,(H,19,20). The molecule has 0 bridgehead atoms. The topological polar surface area (TPSA) is 65.8 Å². The van der Waals surface area contributed by atoms with Gasteiger partial charge in [-0.2, -0.15) is 0 Å². The van der Waals surface area contributed by atoms with Gasteiger partial charge in [0.25, 0.3) is 5.91 Å². The molecule has 6 heteroatoms. The summed E-state index contributed by atoms with van der Waals surface area (Å²) in [5.41, 5.74) is 0.453. The number of rotatable bonds is 5. The maximum absolute atomic E-state index is 12.5. The molecule has 0 radical (unpaired) electrons. The Morgan fingerprint density at radius 3 is 2.48 bits per heavy atom. The molecule has 1 aromatic rings. The molecule has 2 heterocycles. The first-order chi connectivity index (χ1) is 9.97. The van der Waals surface area contributed by atoms with E-state index >= 15 is 0 Å². The summed E-state index contributed by atoms with van der Waals surface area (Å²) in [6.45, 7) is 8.41. The predicted molar refractivity (Wildman–Crippen MR) is 79.2 cm³/mol. The maximum atomic E-state index is 12.5. The molecule has 0 aliphatic carbocycles. The third-order valence-corrected chi connectivity index (χ3v) is 3.64. The van der Waals surface area contributed by atoms with Crippen LogP contribution in [0.3, 0.4) is 0 Å². The van der Waals surface area contributed by atoms with Gasteiger partial charge in [0.2, 0.25) is 0 Å². The van der Waals surface area contributed by atoms with Crippen LogP contribution in [-0.4, -0.2) is 64.1 Å². The van der Waals surface area contributed by atoms with Crippen molar-refractivity contribution in [3.05, 3.63) is 24.0 Å². The summed E-state index contributed by atoms with van der Waals surface area (Å²) < 4.78 is 1.49. The average Bonchev–Trinajstić information content (AvgIpc) is 2.85. The van der Waals surface area contributed by atoms with Gasteiger partial charge in [-0.3, -0.25) is 14.5 Å². The van der Waals surface area contributed by atoms with Crippen molar-refractivity contribution in [1.82, 2.24) is 14.4 Å². The third kappa shape index (κ3) is 4.07. The molecule has 21 heavy (non-hydrogen) atoms. The van der Waals surface area contributed by atoms with Gasteiger partial charge in [0.1, 0.15) is 12.2 Å². The summed E-state index contributed by atoms with van der Waals surface area (Å²) in [4.78, 5) is 27.5. The summed E-state index contributed by atoms with van der Waals surface area (Å²) in [6, 6.07) is 3.40. The van der Waals surface area contributed by atoms with Crippen molar-refractivity contribution in [1.29, 1.82) is 0 Å². The molecule has 1 saturated heterocycles. The van der Waals surface area contributed by atoms with E-state index in [2.05, 4.69) is 18.7 Å². The largest absolute Gasteiger partial charge is 0.480 e. The van der Waals surface area contributed by atoms with Crippen molar-refractivity contribution >= 4 is 11.9 Å². The van der Waals surface area contributed by atoms with E-state index in [9.17, 15) is 9.59 Å². The zero-order chi connectivity index (χ0) is 15.4. The fourth-order valence-electron chi connectivity index (χ4n) is 2.70. The van der Waals surface area contributed by atoms with E-state index in [0.717, 1.165) is 19.6 Å². The molecule has 1 N–H and O–H groups in total. The second-order valence-corrected chi connectivity index (χ2v) is 5.90. The molecule has 1 aliphatic rings. The number of hydrogen-bond donors (Lipinski definition) is 1. The second-order valence-electron chi connectivity index (χ2n) is 5.90. The van der Waals surface area contributed by atoms with E-state index in [4.69, 9.17) is 5.11 Å². The minimum Gasteiger partial charge on any atom is -0.480 e. The van der Waals surface area contributed by atoms with Crippen molar-refractivity contribution in [2.24, 2.45) is 5.92 Å². The Balaban J connectivity index is 1.96. The fourth-order valence-corrected chi connectivity index (χ4v) is 2.70. The highest BCUT2D eigenvalue weighted by atomic mass is 16.4. The number of carboxylic acid groups (broad SMARTS) is 1. The van der Waals surface area contributed by atoms with Crippen molar-refractivity contribution < 1.29 is 14.7 Å². The summed E-state index contributed by atoms with van der Waals surface area (Å²) >= 11 is 0. The van der Waals surface area contributed by atoms with Gasteiger partial charge >= 0.3 is 5.97 Å². The molecular weight excluding hydrogens is 270 g/mol. The van der Waals surface area contributed by atoms with Crippen LogP contribution in [0, 0.1) is 5.92 Å². The highest BCUT2D eigenvalue weighted by molar-refractivity contribution is 5.93. The number of hydrogen-bond acceptors (Lipinski definition) is 3. The number of nitrogens with zero attached hydrogens (tertiary/aromatic N) is 3. The number of amides is 1. The average molecular weight is 293 g/mol. The first-order valence-corrected chi connectivity index (χ1v) is 7.36. The first kappa shape index (κ1) is 15.6. The Labute approximate surface area is 124 Å². The highest BCUT2D eigenvalue weighted by Gasteiger charge is 2.24. The number of carbonyl (C=O) groups excluding carboxylic acids is 1. The van der Waals surface area contributed by atoms with Crippen LogP contribution in [0.2, 0.25) is 0 Å². The molecule has 6 nitrogen and oxygen atoms in total. The third-order valence-electron chi connectivity index (χ3n) is 3.64. The van der Waals surface area contributed by atoms with Crippen LogP contribution < -0.4 is 0 Å². The molecule has 1 aromatic heterocycles. The molecule has 1 amide bonds. The van der Waals surface area contributed by atoms with Crippen LogP contribution >= 0.6 is 0 Å². The van der Waals surface area contributed by atoms with Crippen molar-refractivity contribution in [3.63, 3.8) is 0 Å². The van der Waals surface area contributed by atoms with Gasteiger partial charge < -0.3 is 14.6 Å². The Kier molecular flexibility index (Phi) is 5.01. The smallest absolute Gasteiger partial charge is 0.323 e. The SMILES string of the molecule is CC(C)CN1CCN(C(=O)c2cccn2CC(=O)O)CC1. The van der Waals surface area contributed by atoms with E-state index in [1.54, 1.807) is 18.3 Å². The van der Waals surface area contributed by atoms with Crippen LogP contribution in [-0.2, 0) is 11.3 Å². The lowest BCUT2D eigenvalue weighted by Gasteiger charge is -2.35. The van der Waals surface area contributed by atoms with Gasteiger partial charge in [0, 0.05) is 38.9 Å². The molecule has 0 unspecified atom stereocenters. The summed E-state index contributed by atoms with van der Waals surface area (Å²) in [5, 5.41) is 8.87. The molecule has 1 aliphatic heterocycles. The molecular formula is C15H23N3O3. The Morgan fingerprint density at radius 1 is 1.24 bits per heavy atom. The minimum atomic E-state index is -0.943. The maximum Gasteiger partial charge on any atom is 0.323 e. The van der Waals surface area contributed by atoms with Gasteiger partial charge in [0.05, 0.1) is 0 Å². The van der Waals surface area contributed by atoms with Crippen LogP contribution in [0.25, 0.3) is 0 Å². The van der Waals surface area contributed by atoms with E-state index in [1.807, 2.05) is 4.90 Å². The molecule has 116 valence electrons. The van der Waals surface area contributed by atoms with Gasteiger partial charge in [-0.15, -0.1) is 0 Å². The van der Waals surface area contributed by atoms with Crippen molar-refractivity contribution in [2.75, 3.05) is 32.7 Å². The quantitative estimate of drug-likeness (QED) is 0.879. The molecule has 2 rings (SSSR count). The van der Waals surface area contributed by atoms with E-state index in [1.165, 1.54) is 4.57 Å². The Morgan fingerprint density at radius 2 is 1.90 bits per heavy atom. The highest BCUT2D eigenvalue weighted by Crippen LogP contribution is 2.11. The second kappa shape index (κ2) is 6.76. The Bertz CT molecular complexity index is 502. The van der Waals surface area contributed by atoms with Crippen LogP contribution in [0.15, 0.2) is 18.3 Å². The summed E-state index contributed by atoms with van der Waals surface area (Å²) in [5.74, 6) is -0.396. The minimum absolute atomic E-state index is 0.0783. The summed E-state index contributed by atoms with van der Waals surface area (Å²) in [7, 11) is 0. The number of aliphatic carboxylic acids is 1. The fraction of sp³-hybridized carbons (Fsp3) is 0.600. The molecule has 0 saturated carbocycles. The molecule has 0 aromatic carbocycles. The van der Waals surface area contributed by atoms with Gasteiger partial charge in [-0.05, 0) is 18.1 Å². The Hall–Kier alpha value is -1.82. The lowest BCUT2D eigenvalue weighted by molar-refractivity contribution is -0.137. The number of aromatic nitrogens is 1. The monoisotopic (exact) mass is 293 g/mol.